The third-order valence-electron chi connectivity index (χ3n) is 4.28. The summed E-state index contributed by atoms with van der Waals surface area (Å²) in [4.78, 5) is 19.7. The molecule has 0 saturated carbocycles. The van der Waals surface area contributed by atoms with Gasteiger partial charge in [0, 0.05) is 37.2 Å². The Morgan fingerprint density at radius 3 is 2.92 bits per heavy atom. The second-order valence-corrected chi connectivity index (χ2v) is 6.21. The lowest BCUT2D eigenvalue weighted by atomic mass is 10.00. The summed E-state index contributed by atoms with van der Waals surface area (Å²) >= 11 is 6.49. The Labute approximate surface area is 146 Å². The number of likely N-dealkylation sites (N-methyl/N-ethyl adjacent to an activating group) is 1. The Morgan fingerprint density at radius 2 is 2.21 bits per heavy atom. The first-order valence-corrected chi connectivity index (χ1v) is 8.27. The summed E-state index contributed by atoms with van der Waals surface area (Å²) in [6.07, 6.45) is 8.71. The molecule has 0 radical (unpaired) electrons. The van der Waals surface area contributed by atoms with Crippen LogP contribution in [0.4, 0.5) is 0 Å². The molecule has 1 aromatic rings. The maximum Gasteiger partial charge on any atom is 0.246 e. The molecule has 0 bridgehead atoms. The van der Waals surface area contributed by atoms with Crippen molar-refractivity contribution in [2.45, 2.75) is 11.6 Å². The van der Waals surface area contributed by atoms with Crippen molar-refractivity contribution in [1.29, 1.82) is 0 Å². The van der Waals surface area contributed by atoms with Crippen molar-refractivity contribution in [3.8, 4) is 0 Å². The van der Waals surface area contributed by atoms with Crippen LogP contribution >= 0.6 is 11.6 Å². The van der Waals surface area contributed by atoms with Gasteiger partial charge in [0.15, 0.2) is 0 Å². The number of nitrogens with zero attached hydrogens (tertiary/aromatic N) is 3. The van der Waals surface area contributed by atoms with Crippen molar-refractivity contribution >= 4 is 23.2 Å². The summed E-state index contributed by atoms with van der Waals surface area (Å²) in [5, 5.41) is 0. The average molecular weight is 346 g/mol. The molecule has 2 atom stereocenters. The van der Waals surface area contributed by atoms with Crippen LogP contribution in [0.2, 0.25) is 0 Å². The number of rotatable bonds is 3. The molecular formula is C18H20ClN3O2. The molecule has 1 aromatic heterocycles. The minimum Gasteiger partial charge on any atom is -0.370 e. The highest BCUT2D eigenvalue weighted by molar-refractivity contribution is 6.22. The fraction of sp³-hybridized carbons (Fsp3) is 0.333. The summed E-state index contributed by atoms with van der Waals surface area (Å²) in [6.45, 7) is 5.14. The standard InChI is InChI=1S/C18H20ClN3O2/c1-3-18(23)22-8-9-24-16(12-22)14-10-15(21(2)17(19)11-14)13-4-6-20-7-5-13/h3-7,10-11,16-17H,1,8-9,12H2,2H3/t16?,17-/m0/s1. The molecule has 5 nitrogen and oxygen atoms in total. The van der Waals surface area contributed by atoms with Gasteiger partial charge in [-0.3, -0.25) is 9.78 Å². The predicted molar refractivity (Wildman–Crippen MR) is 94.2 cm³/mol. The van der Waals surface area contributed by atoms with Gasteiger partial charge in [-0.05, 0) is 35.9 Å². The molecule has 3 rings (SSSR count). The number of amides is 1. The highest BCUT2D eigenvalue weighted by atomic mass is 35.5. The van der Waals surface area contributed by atoms with Crippen molar-refractivity contribution < 1.29 is 9.53 Å². The number of halogens is 1. The molecular weight excluding hydrogens is 326 g/mol. The zero-order chi connectivity index (χ0) is 17.1. The Kier molecular flexibility index (Phi) is 5.02. The Bertz CT molecular complexity index is 687. The van der Waals surface area contributed by atoms with Gasteiger partial charge in [-0.25, -0.2) is 0 Å². The Hall–Kier alpha value is -2.11. The maximum absolute atomic E-state index is 11.9. The summed E-state index contributed by atoms with van der Waals surface area (Å²) in [6, 6.07) is 3.90. The van der Waals surface area contributed by atoms with Crippen molar-refractivity contribution in [3.63, 3.8) is 0 Å². The molecule has 2 aliphatic rings. The van der Waals surface area contributed by atoms with Crippen LogP contribution in [0.25, 0.3) is 5.70 Å². The molecule has 126 valence electrons. The summed E-state index contributed by atoms with van der Waals surface area (Å²) in [5.74, 6) is -0.0717. The monoisotopic (exact) mass is 345 g/mol. The second kappa shape index (κ2) is 7.20. The summed E-state index contributed by atoms with van der Waals surface area (Å²) < 4.78 is 5.88. The highest BCUT2D eigenvalue weighted by Gasteiger charge is 2.29. The van der Waals surface area contributed by atoms with E-state index in [2.05, 4.69) is 17.6 Å². The SMILES string of the molecule is C=CC(=O)N1CCOC(C2=C[C@@H](Cl)N(C)C(c3ccncc3)=C2)C1. The fourth-order valence-electron chi connectivity index (χ4n) is 2.90. The topological polar surface area (TPSA) is 45.7 Å². The Balaban J connectivity index is 1.87. The molecule has 1 unspecified atom stereocenters. The largest absolute Gasteiger partial charge is 0.370 e. The normalized spacial score (nSPS) is 24.2. The van der Waals surface area contributed by atoms with Crippen molar-refractivity contribution in [1.82, 2.24) is 14.8 Å². The minimum atomic E-state index is -0.276. The zero-order valence-corrected chi connectivity index (χ0v) is 14.3. The Morgan fingerprint density at radius 1 is 1.46 bits per heavy atom. The molecule has 0 N–H and O–H groups in total. The third kappa shape index (κ3) is 3.37. The van der Waals surface area contributed by atoms with Gasteiger partial charge in [-0.1, -0.05) is 18.2 Å². The van der Waals surface area contributed by atoms with Gasteiger partial charge in [0.1, 0.15) is 11.6 Å². The van der Waals surface area contributed by atoms with Crippen molar-refractivity contribution in [2.75, 3.05) is 26.7 Å². The molecule has 3 heterocycles. The van der Waals surface area contributed by atoms with Gasteiger partial charge in [-0.15, -0.1) is 0 Å². The molecule has 0 spiro atoms. The van der Waals surface area contributed by atoms with Gasteiger partial charge < -0.3 is 14.5 Å². The molecule has 1 amide bonds. The number of carbonyl (C=O) groups is 1. The quantitative estimate of drug-likeness (QED) is 0.479. The lowest BCUT2D eigenvalue weighted by molar-refractivity contribution is -0.132. The zero-order valence-electron chi connectivity index (χ0n) is 13.6. The number of carbonyl (C=O) groups excluding carboxylic acids is 1. The van der Waals surface area contributed by atoms with Crippen LogP contribution in [0, 0.1) is 0 Å². The van der Waals surface area contributed by atoms with E-state index in [9.17, 15) is 4.79 Å². The van der Waals surface area contributed by atoms with Crippen molar-refractivity contribution in [2.24, 2.45) is 0 Å². The van der Waals surface area contributed by atoms with E-state index in [1.807, 2.05) is 30.2 Å². The number of aromatic nitrogens is 1. The van der Waals surface area contributed by atoms with Gasteiger partial charge in [0.25, 0.3) is 0 Å². The lowest BCUT2D eigenvalue weighted by Crippen LogP contribution is -2.46. The third-order valence-corrected chi connectivity index (χ3v) is 4.70. The summed E-state index contributed by atoms with van der Waals surface area (Å²) in [7, 11) is 1.95. The van der Waals surface area contributed by atoms with Crippen LogP contribution in [-0.2, 0) is 9.53 Å². The van der Waals surface area contributed by atoms with Gasteiger partial charge >= 0.3 is 0 Å². The number of hydrogen-bond donors (Lipinski definition) is 0. The van der Waals surface area contributed by atoms with E-state index in [0.29, 0.717) is 19.7 Å². The molecule has 2 aliphatic heterocycles. The molecule has 0 aromatic carbocycles. The van der Waals surface area contributed by atoms with Crippen LogP contribution in [0.3, 0.4) is 0 Å². The van der Waals surface area contributed by atoms with Crippen LogP contribution in [0.1, 0.15) is 5.56 Å². The fourth-order valence-corrected chi connectivity index (χ4v) is 3.15. The highest BCUT2D eigenvalue weighted by Crippen LogP contribution is 2.31. The summed E-state index contributed by atoms with van der Waals surface area (Å²) in [5.41, 5.74) is 2.76. The minimum absolute atomic E-state index is 0.0717. The molecule has 0 aliphatic carbocycles. The van der Waals surface area contributed by atoms with Crippen LogP contribution in [0.5, 0.6) is 0 Å². The van der Waals surface area contributed by atoms with E-state index in [1.54, 1.807) is 17.3 Å². The van der Waals surface area contributed by atoms with Gasteiger partial charge in [0.2, 0.25) is 5.91 Å². The van der Waals surface area contributed by atoms with E-state index in [4.69, 9.17) is 16.3 Å². The number of morpholine rings is 1. The van der Waals surface area contributed by atoms with Gasteiger partial charge in [0.05, 0.1) is 13.2 Å². The van der Waals surface area contributed by atoms with Crippen LogP contribution in [-0.4, -0.2) is 59.0 Å². The van der Waals surface area contributed by atoms with E-state index in [-0.39, 0.29) is 17.5 Å². The number of hydrogen-bond acceptors (Lipinski definition) is 4. The number of pyridine rings is 1. The van der Waals surface area contributed by atoms with Crippen LogP contribution in [0.15, 0.2) is 54.9 Å². The predicted octanol–water partition coefficient (Wildman–Crippen LogP) is 2.27. The number of alkyl halides is 1. The van der Waals surface area contributed by atoms with E-state index >= 15 is 0 Å². The van der Waals surface area contributed by atoms with E-state index in [1.165, 1.54) is 6.08 Å². The molecule has 24 heavy (non-hydrogen) atoms. The van der Waals surface area contributed by atoms with Gasteiger partial charge in [-0.2, -0.15) is 0 Å². The first-order chi connectivity index (χ1) is 11.6. The lowest BCUT2D eigenvalue weighted by Gasteiger charge is -2.36. The first kappa shape index (κ1) is 16.7. The first-order valence-electron chi connectivity index (χ1n) is 7.84. The van der Waals surface area contributed by atoms with Crippen molar-refractivity contribution in [3.05, 3.63) is 60.5 Å². The average Bonchev–Trinajstić information content (AvgIpc) is 2.64. The smallest absolute Gasteiger partial charge is 0.246 e. The maximum atomic E-state index is 11.9. The van der Waals surface area contributed by atoms with Crippen LogP contribution < -0.4 is 0 Å². The molecule has 1 fully saturated rings. The molecule has 6 heteroatoms. The van der Waals surface area contributed by atoms with E-state index < -0.39 is 0 Å². The number of ether oxygens (including phenoxy) is 1. The van der Waals surface area contributed by atoms with E-state index in [0.717, 1.165) is 16.8 Å². The second-order valence-electron chi connectivity index (χ2n) is 5.76. The molecule has 1 saturated heterocycles.